The third kappa shape index (κ3) is 4.15. The summed E-state index contributed by atoms with van der Waals surface area (Å²) in [6.45, 7) is 17.4. The third-order valence-corrected chi connectivity index (χ3v) is 6.28. The number of pyridine rings is 1. The molecule has 2 N–H and O–H groups in total. The number of aliphatic hydroxyl groups excluding tert-OH is 1. The van der Waals surface area contributed by atoms with Gasteiger partial charge in [-0.3, -0.25) is 4.79 Å². The van der Waals surface area contributed by atoms with Gasteiger partial charge in [0.1, 0.15) is 0 Å². The van der Waals surface area contributed by atoms with E-state index in [2.05, 4.69) is 76.5 Å². The number of nitrogens with zero attached hydrogens (tertiary/aromatic N) is 1. The highest BCUT2D eigenvalue weighted by Crippen LogP contribution is 2.45. The lowest BCUT2D eigenvalue weighted by Crippen LogP contribution is -2.27. The Labute approximate surface area is 192 Å². The number of aromatic nitrogens is 1. The van der Waals surface area contributed by atoms with Crippen LogP contribution in [0.2, 0.25) is 0 Å². The van der Waals surface area contributed by atoms with Gasteiger partial charge >= 0.3 is 0 Å². The van der Waals surface area contributed by atoms with Crippen LogP contribution in [0.3, 0.4) is 0 Å². The Hall–Kier alpha value is -3.11. The van der Waals surface area contributed by atoms with Gasteiger partial charge in [0, 0.05) is 37.6 Å². The maximum absolute atomic E-state index is 13.2. The summed E-state index contributed by atoms with van der Waals surface area (Å²) in [5.74, 6) is 0. The molecule has 0 unspecified atom stereocenters. The van der Waals surface area contributed by atoms with Crippen molar-refractivity contribution >= 4 is 5.69 Å². The van der Waals surface area contributed by atoms with Crippen LogP contribution in [0, 0.1) is 27.7 Å². The van der Waals surface area contributed by atoms with Crippen molar-refractivity contribution in [1.82, 2.24) is 4.57 Å². The van der Waals surface area contributed by atoms with Crippen LogP contribution in [0.15, 0.2) is 48.3 Å². The molecule has 0 atom stereocenters. The molecular weight excluding hydrogens is 396 g/mol. The molecule has 2 aromatic carbocycles. The predicted octanol–water partition coefficient (Wildman–Crippen LogP) is 5.85. The minimum Gasteiger partial charge on any atom is -0.400 e. The maximum atomic E-state index is 13.2. The summed E-state index contributed by atoms with van der Waals surface area (Å²) >= 11 is 0. The van der Waals surface area contributed by atoms with Crippen molar-refractivity contribution in [2.24, 2.45) is 7.05 Å². The van der Waals surface area contributed by atoms with E-state index in [1.54, 1.807) is 4.57 Å². The highest BCUT2D eigenvalue weighted by molar-refractivity contribution is 5.93. The van der Waals surface area contributed by atoms with Crippen LogP contribution in [0.4, 0.5) is 5.69 Å². The Morgan fingerprint density at radius 2 is 1.56 bits per heavy atom. The molecule has 0 fully saturated rings. The minimum atomic E-state index is 0.0966. The fraction of sp³-hybridized carbons (Fsp3) is 0.321. The number of rotatable bonds is 2. The summed E-state index contributed by atoms with van der Waals surface area (Å²) in [7, 11) is 2.86. The number of hydrogen-bond acceptors (Lipinski definition) is 3. The Balaban J connectivity index is 0.000000860. The van der Waals surface area contributed by atoms with E-state index in [4.69, 9.17) is 5.11 Å². The van der Waals surface area contributed by atoms with E-state index in [-0.39, 0.29) is 5.56 Å². The molecule has 2 heterocycles. The molecule has 0 spiro atoms. The number of hydrogen-bond donors (Lipinski definition) is 2. The van der Waals surface area contributed by atoms with Gasteiger partial charge in [0.2, 0.25) is 0 Å². The second-order valence-corrected chi connectivity index (χ2v) is 7.98. The van der Waals surface area contributed by atoms with Gasteiger partial charge in [0.05, 0.1) is 5.56 Å². The SMILES string of the molecule is C=C.CCc1c(C)c2c(c(C)c1-c1ccc(C)cc1)-c1c(cc(C)n(C)c1=O)CN2.CO. The molecule has 0 amide bonds. The Kier molecular flexibility index (Phi) is 8.23. The lowest BCUT2D eigenvalue weighted by atomic mass is 9.81. The van der Waals surface area contributed by atoms with Crippen molar-refractivity contribution in [3.63, 3.8) is 0 Å². The number of aliphatic hydroxyl groups is 1. The molecule has 0 bridgehead atoms. The van der Waals surface area contributed by atoms with Crippen LogP contribution in [0.25, 0.3) is 22.3 Å². The minimum absolute atomic E-state index is 0.0966. The second kappa shape index (κ2) is 10.5. The van der Waals surface area contributed by atoms with Gasteiger partial charge in [0.15, 0.2) is 0 Å². The molecule has 170 valence electrons. The summed E-state index contributed by atoms with van der Waals surface area (Å²) < 4.78 is 1.77. The fourth-order valence-electron chi connectivity index (χ4n) is 4.63. The van der Waals surface area contributed by atoms with E-state index in [0.29, 0.717) is 6.54 Å². The molecule has 0 aliphatic carbocycles. The Morgan fingerprint density at radius 1 is 0.969 bits per heavy atom. The molecule has 1 aliphatic heterocycles. The highest BCUT2D eigenvalue weighted by atomic mass is 16.2. The van der Waals surface area contributed by atoms with Crippen LogP contribution >= 0.6 is 0 Å². The first kappa shape index (κ1) is 25.2. The number of nitrogens with one attached hydrogen (secondary N) is 1. The predicted molar refractivity (Wildman–Crippen MR) is 138 cm³/mol. The standard InChI is InChI=1S/C25H28N2O.C2H4.CH4O/c1-7-20-16(4)24-22(17(5)21(20)18-10-8-14(2)9-11-18)23-19(13-26-24)12-15(3)27(6)25(23)28;2*1-2/h8-12,26H,7,13H2,1-6H3;1-2H2;2H,1H3. The van der Waals surface area contributed by atoms with Gasteiger partial charge in [-0.05, 0) is 73.6 Å². The van der Waals surface area contributed by atoms with Crippen molar-refractivity contribution in [2.75, 3.05) is 12.4 Å². The monoisotopic (exact) mass is 432 g/mol. The summed E-state index contributed by atoms with van der Waals surface area (Å²) in [4.78, 5) is 13.2. The zero-order valence-electron chi connectivity index (χ0n) is 20.5. The number of fused-ring (bicyclic) bond motifs is 3. The molecule has 4 heteroatoms. The number of anilines is 1. The highest BCUT2D eigenvalue weighted by Gasteiger charge is 2.27. The zero-order chi connectivity index (χ0) is 24.2. The van der Waals surface area contributed by atoms with E-state index in [1.807, 2.05) is 14.0 Å². The van der Waals surface area contributed by atoms with Crippen molar-refractivity contribution in [2.45, 2.75) is 47.6 Å². The number of aryl methyl sites for hydroxylation is 2. The van der Waals surface area contributed by atoms with E-state index in [1.165, 1.54) is 33.4 Å². The Bertz CT molecular complexity index is 1170. The van der Waals surface area contributed by atoms with Crippen molar-refractivity contribution in [3.05, 3.63) is 87.4 Å². The molecule has 0 saturated heterocycles. The Morgan fingerprint density at radius 3 is 2.12 bits per heavy atom. The molecule has 0 radical (unpaired) electrons. The molecule has 1 aliphatic rings. The molecule has 32 heavy (non-hydrogen) atoms. The number of benzene rings is 2. The maximum Gasteiger partial charge on any atom is 0.258 e. The van der Waals surface area contributed by atoms with Crippen LogP contribution in [0.1, 0.15) is 40.4 Å². The molecule has 4 rings (SSSR count). The van der Waals surface area contributed by atoms with E-state index in [9.17, 15) is 4.79 Å². The normalized spacial score (nSPS) is 11.1. The lowest BCUT2D eigenvalue weighted by molar-refractivity contribution is 0.399. The smallest absolute Gasteiger partial charge is 0.258 e. The van der Waals surface area contributed by atoms with E-state index < -0.39 is 0 Å². The first-order valence-electron chi connectivity index (χ1n) is 11.0. The van der Waals surface area contributed by atoms with Crippen molar-refractivity contribution in [3.8, 4) is 22.3 Å². The van der Waals surface area contributed by atoms with Gasteiger partial charge < -0.3 is 15.0 Å². The molecule has 4 nitrogen and oxygen atoms in total. The first-order chi connectivity index (χ1) is 15.3. The van der Waals surface area contributed by atoms with Gasteiger partial charge in [-0.1, -0.05) is 36.8 Å². The van der Waals surface area contributed by atoms with Crippen LogP contribution < -0.4 is 10.9 Å². The van der Waals surface area contributed by atoms with Gasteiger partial charge in [-0.15, -0.1) is 13.2 Å². The van der Waals surface area contributed by atoms with Crippen LogP contribution in [-0.4, -0.2) is 16.8 Å². The average Bonchev–Trinajstić information content (AvgIpc) is 2.82. The second-order valence-electron chi connectivity index (χ2n) is 7.98. The summed E-state index contributed by atoms with van der Waals surface area (Å²) in [5.41, 5.74) is 12.8. The largest absolute Gasteiger partial charge is 0.400 e. The van der Waals surface area contributed by atoms with Gasteiger partial charge in [-0.25, -0.2) is 0 Å². The quantitative estimate of drug-likeness (QED) is 0.499. The van der Waals surface area contributed by atoms with Crippen LogP contribution in [-0.2, 0) is 20.0 Å². The molecule has 1 aromatic heterocycles. The summed E-state index contributed by atoms with van der Waals surface area (Å²) in [6, 6.07) is 10.9. The summed E-state index contributed by atoms with van der Waals surface area (Å²) in [6.07, 6.45) is 0.962. The van der Waals surface area contributed by atoms with Gasteiger partial charge in [-0.2, -0.15) is 0 Å². The van der Waals surface area contributed by atoms with Gasteiger partial charge in [0.25, 0.3) is 5.56 Å². The van der Waals surface area contributed by atoms with Crippen molar-refractivity contribution in [1.29, 1.82) is 0 Å². The molecular formula is C28H36N2O2. The van der Waals surface area contributed by atoms with Crippen LogP contribution in [0.5, 0.6) is 0 Å². The van der Waals surface area contributed by atoms with E-state index >= 15 is 0 Å². The topological polar surface area (TPSA) is 54.3 Å². The zero-order valence-corrected chi connectivity index (χ0v) is 20.5. The molecule has 3 aromatic rings. The molecule has 0 saturated carbocycles. The first-order valence-corrected chi connectivity index (χ1v) is 11.0. The summed E-state index contributed by atoms with van der Waals surface area (Å²) in [5, 5.41) is 10.6. The van der Waals surface area contributed by atoms with E-state index in [0.717, 1.165) is 41.6 Å². The lowest BCUT2D eigenvalue weighted by Gasteiger charge is -2.29. The fourth-order valence-corrected chi connectivity index (χ4v) is 4.63. The van der Waals surface area contributed by atoms with Crippen molar-refractivity contribution < 1.29 is 5.11 Å². The third-order valence-electron chi connectivity index (χ3n) is 6.28. The average molecular weight is 433 g/mol.